The Kier molecular flexibility index (Phi) is 8.02. The molecule has 0 radical (unpaired) electrons. The number of carbonyl (C=O) groups is 2. The van der Waals surface area contributed by atoms with Gasteiger partial charge in [0.2, 0.25) is 5.91 Å². The monoisotopic (exact) mass is 407 g/mol. The van der Waals surface area contributed by atoms with Crippen LogP contribution in [0.5, 0.6) is 0 Å². The average Bonchev–Trinajstić information content (AvgIpc) is 3.01. The maximum atomic E-state index is 13.1. The van der Waals surface area contributed by atoms with Crippen molar-refractivity contribution in [2.24, 2.45) is 5.92 Å². The van der Waals surface area contributed by atoms with Crippen LogP contribution in [0.1, 0.15) is 53.0 Å². The molecule has 7 heteroatoms. The van der Waals surface area contributed by atoms with E-state index in [0.29, 0.717) is 6.42 Å². The van der Waals surface area contributed by atoms with E-state index in [1.165, 1.54) is 12.1 Å². The highest BCUT2D eigenvalue weighted by molar-refractivity contribution is 5.85. The van der Waals surface area contributed by atoms with Crippen LogP contribution in [0, 0.1) is 11.7 Å². The molecule has 0 aliphatic carbocycles. The lowest BCUT2D eigenvalue weighted by Gasteiger charge is -2.25. The Labute approximate surface area is 173 Å². The van der Waals surface area contributed by atoms with Crippen molar-refractivity contribution in [3.8, 4) is 0 Å². The first-order valence-electron chi connectivity index (χ1n) is 10.3. The summed E-state index contributed by atoms with van der Waals surface area (Å²) in [7, 11) is 0. The highest BCUT2D eigenvalue weighted by Gasteiger charge is 2.29. The van der Waals surface area contributed by atoms with Crippen LogP contribution < -0.4 is 10.6 Å². The van der Waals surface area contributed by atoms with Crippen molar-refractivity contribution in [3.05, 3.63) is 35.6 Å². The van der Waals surface area contributed by atoms with Crippen LogP contribution in [-0.4, -0.2) is 47.7 Å². The molecule has 29 heavy (non-hydrogen) atoms. The third-order valence-electron chi connectivity index (χ3n) is 4.65. The zero-order valence-corrected chi connectivity index (χ0v) is 18.1. The normalized spacial score (nSPS) is 18.5. The van der Waals surface area contributed by atoms with Gasteiger partial charge in [0.1, 0.15) is 17.5 Å². The Bertz CT molecular complexity index is 686. The van der Waals surface area contributed by atoms with Crippen molar-refractivity contribution >= 4 is 12.0 Å². The van der Waals surface area contributed by atoms with Gasteiger partial charge in [0.05, 0.1) is 0 Å². The molecule has 2 amide bonds. The third kappa shape index (κ3) is 8.40. The number of hydrogen-bond donors (Lipinski definition) is 2. The van der Waals surface area contributed by atoms with Crippen molar-refractivity contribution < 1.29 is 18.7 Å². The zero-order chi connectivity index (χ0) is 21.6. The molecule has 1 fully saturated rings. The third-order valence-corrected chi connectivity index (χ3v) is 4.65. The predicted molar refractivity (Wildman–Crippen MR) is 111 cm³/mol. The van der Waals surface area contributed by atoms with Crippen LogP contribution in [0.3, 0.4) is 0 Å². The van der Waals surface area contributed by atoms with Gasteiger partial charge in [-0.25, -0.2) is 9.18 Å². The molecule has 1 aromatic rings. The molecule has 6 nitrogen and oxygen atoms in total. The number of amides is 2. The number of alkyl carbamates (subject to hydrolysis) is 1. The van der Waals surface area contributed by atoms with E-state index in [1.807, 2.05) is 13.8 Å². The van der Waals surface area contributed by atoms with E-state index in [2.05, 4.69) is 15.5 Å². The molecule has 0 unspecified atom stereocenters. The molecule has 1 saturated heterocycles. The van der Waals surface area contributed by atoms with Crippen molar-refractivity contribution in [2.75, 3.05) is 13.1 Å². The summed E-state index contributed by atoms with van der Waals surface area (Å²) in [6, 6.07) is 5.89. The highest BCUT2D eigenvalue weighted by Crippen LogP contribution is 2.15. The molecule has 2 rings (SSSR count). The van der Waals surface area contributed by atoms with Gasteiger partial charge >= 0.3 is 6.09 Å². The predicted octanol–water partition coefficient (Wildman–Crippen LogP) is 3.46. The molecule has 1 heterocycles. The maximum absolute atomic E-state index is 13.1. The number of hydrogen-bond acceptors (Lipinski definition) is 4. The first kappa shape index (κ1) is 23.1. The number of halogens is 1. The fraction of sp³-hybridized carbons (Fsp3) is 0.636. The highest BCUT2D eigenvalue weighted by atomic mass is 19.1. The minimum Gasteiger partial charge on any atom is -0.444 e. The van der Waals surface area contributed by atoms with E-state index in [4.69, 9.17) is 4.74 Å². The zero-order valence-electron chi connectivity index (χ0n) is 18.1. The van der Waals surface area contributed by atoms with Crippen molar-refractivity contribution in [1.29, 1.82) is 0 Å². The summed E-state index contributed by atoms with van der Waals surface area (Å²) in [6.45, 7) is 11.7. The van der Waals surface area contributed by atoms with Crippen LogP contribution in [-0.2, 0) is 16.1 Å². The molecular formula is C22H34FN3O3. The first-order chi connectivity index (χ1) is 13.5. The van der Waals surface area contributed by atoms with Crippen LogP contribution in [0.4, 0.5) is 9.18 Å². The van der Waals surface area contributed by atoms with E-state index in [0.717, 1.165) is 31.6 Å². The van der Waals surface area contributed by atoms with Gasteiger partial charge in [-0.15, -0.1) is 0 Å². The standard InChI is InChI=1S/C22H34FN3O3/c1-15(2)12-19(25-21(28)29-22(3,4)5)20(27)24-18-10-11-26(14-18)13-16-6-8-17(23)9-7-16/h6-9,15,18-19H,10-14H2,1-5H3,(H,24,27)(H,25,28)/t18-,19-/m0/s1. The second-order valence-corrected chi connectivity index (χ2v) is 9.18. The van der Waals surface area contributed by atoms with Gasteiger partial charge in [0, 0.05) is 25.7 Å². The summed E-state index contributed by atoms with van der Waals surface area (Å²) < 4.78 is 18.3. The molecule has 1 aliphatic heterocycles. The number of carbonyl (C=O) groups excluding carboxylic acids is 2. The number of ether oxygens (including phenoxy) is 1. The van der Waals surface area contributed by atoms with Crippen LogP contribution in [0.2, 0.25) is 0 Å². The molecule has 2 atom stereocenters. The molecule has 2 N–H and O–H groups in total. The van der Waals surface area contributed by atoms with Crippen LogP contribution in [0.25, 0.3) is 0 Å². The summed E-state index contributed by atoms with van der Waals surface area (Å²) in [5.41, 5.74) is 0.428. The van der Waals surface area contributed by atoms with E-state index in [1.54, 1.807) is 32.9 Å². The number of nitrogens with one attached hydrogen (secondary N) is 2. The van der Waals surface area contributed by atoms with Gasteiger partial charge in [-0.2, -0.15) is 0 Å². The van der Waals surface area contributed by atoms with E-state index >= 15 is 0 Å². The lowest BCUT2D eigenvalue weighted by atomic mass is 10.0. The summed E-state index contributed by atoms with van der Waals surface area (Å²) in [5.74, 6) is -0.175. The molecule has 1 aliphatic rings. The minimum atomic E-state index is -0.629. The molecule has 0 aromatic heterocycles. The van der Waals surface area contributed by atoms with Crippen molar-refractivity contribution in [2.45, 2.75) is 71.7 Å². The number of rotatable bonds is 7. The Balaban J connectivity index is 1.88. The molecule has 0 bridgehead atoms. The Morgan fingerprint density at radius 3 is 2.48 bits per heavy atom. The summed E-state index contributed by atoms with van der Waals surface area (Å²) in [4.78, 5) is 27.2. The minimum absolute atomic E-state index is 0.0260. The van der Waals surface area contributed by atoms with Crippen LogP contribution in [0.15, 0.2) is 24.3 Å². The van der Waals surface area contributed by atoms with Gasteiger partial charge in [0.25, 0.3) is 0 Å². The number of nitrogens with zero attached hydrogens (tertiary/aromatic N) is 1. The summed E-state index contributed by atoms with van der Waals surface area (Å²) in [6.07, 6.45) is 0.799. The molecule has 162 valence electrons. The fourth-order valence-corrected chi connectivity index (χ4v) is 3.40. The van der Waals surface area contributed by atoms with Crippen molar-refractivity contribution in [3.63, 3.8) is 0 Å². The fourth-order valence-electron chi connectivity index (χ4n) is 3.40. The Morgan fingerprint density at radius 1 is 1.24 bits per heavy atom. The Morgan fingerprint density at radius 2 is 1.90 bits per heavy atom. The largest absolute Gasteiger partial charge is 0.444 e. The lowest BCUT2D eigenvalue weighted by molar-refractivity contribution is -0.124. The summed E-state index contributed by atoms with van der Waals surface area (Å²) in [5, 5.41) is 5.78. The molecule has 0 spiro atoms. The average molecular weight is 408 g/mol. The second kappa shape index (κ2) is 10.1. The van der Waals surface area contributed by atoms with E-state index in [-0.39, 0.29) is 23.7 Å². The number of likely N-dealkylation sites (tertiary alicyclic amines) is 1. The molecule has 1 aromatic carbocycles. The molecular weight excluding hydrogens is 373 g/mol. The van der Waals surface area contributed by atoms with Gasteiger partial charge in [0.15, 0.2) is 0 Å². The van der Waals surface area contributed by atoms with E-state index < -0.39 is 17.7 Å². The topological polar surface area (TPSA) is 70.7 Å². The first-order valence-corrected chi connectivity index (χ1v) is 10.3. The smallest absolute Gasteiger partial charge is 0.408 e. The van der Waals surface area contributed by atoms with E-state index in [9.17, 15) is 14.0 Å². The van der Waals surface area contributed by atoms with Crippen molar-refractivity contribution in [1.82, 2.24) is 15.5 Å². The quantitative estimate of drug-likeness (QED) is 0.726. The van der Waals surface area contributed by atoms with Crippen LogP contribution >= 0.6 is 0 Å². The Hall–Kier alpha value is -2.15. The van der Waals surface area contributed by atoms with Gasteiger partial charge < -0.3 is 15.4 Å². The molecule has 0 saturated carbocycles. The van der Waals surface area contributed by atoms with Gasteiger partial charge in [-0.3, -0.25) is 9.69 Å². The SMILES string of the molecule is CC(C)C[C@H](NC(=O)OC(C)(C)C)C(=O)N[C@H]1CCN(Cc2ccc(F)cc2)C1. The summed E-state index contributed by atoms with van der Waals surface area (Å²) >= 11 is 0. The lowest BCUT2D eigenvalue weighted by Crippen LogP contribution is -2.51. The number of benzene rings is 1. The second-order valence-electron chi connectivity index (χ2n) is 9.18. The van der Waals surface area contributed by atoms with Gasteiger partial charge in [-0.1, -0.05) is 26.0 Å². The van der Waals surface area contributed by atoms with Gasteiger partial charge in [-0.05, 0) is 57.2 Å². The maximum Gasteiger partial charge on any atom is 0.408 e.